The Kier molecular flexibility index (Phi) is 7.90. The minimum atomic E-state index is -0.390. The molecule has 2 aliphatic heterocycles. The van der Waals surface area contributed by atoms with Crippen LogP contribution in [-0.2, 0) is 4.79 Å². The summed E-state index contributed by atoms with van der Waals surface area (Å²) < 4.78 is 26.1. The molecule has 1 atom stereocenters. The Labute approximate surface area is 206 Å². The molecule has 0 aromatic heterocycles. The smallest absolute Gasteiger partial charge is 0.234 e. The van der Waals surface area contributed by atoms with Crippen LogP contribution in [0.5, 0.6) is 11.5 Å². The van der Waals surface area contributed by atoms with Crippen molar-refractivity contribution in [2.24, 2.45) is 5.92 Å². The van der Waals surface area contributed by atoms with Crippen molar-refractivity contribution in [3.8, 4) is 11.5 Å². The Bertz CT molecular complexity index is 1070. The van der Waals surface area contributed by atoms with Gasteiger partial charge in [0.25, 0.3) is 0 Å². The number of piperazine rings is 1. The Balaban J connectivity index is 1.33. The summed E-state index contributed by atoms with van der Waals surface area (Å²) in [7, 11) is 0. The number of fused-ring (bicyclic) bond motifs is 1. The van der Waals surface area contributed by atoms with Crippen LogP contribution >= 0.6 is 0 Å². The van der Waals surface area contributed by atoms with Crippen LogP contribution in [0.1, 0.15) is 49.2 Å². The van der Waals surface area contributed by atoms with Gasteiger partial charge in [0.15, 0.2) is 17.3 Å². The van der Waals surface area contributed by atoms with Crippen molar-refractivity contribution in [2.75, 3.05) is 50.8 Å². The maximum atomic E-state index is 14.5. The van der Waals surface area contributed by atoms with Gasteiger partial charge in [-0.05, 0) is 48.7 Å². The average molecular weight is 484 g/mol. The minimum absolute atomic E-state index is 0.0405. The van der Waals surface area contributed by atoms with E-state index in [0.29, 0.717) is 50.6 Å². The molecule has 0 saturated carbocycles. The lowest BCUT2D eigenvalue weighted by atomic mass is 9.95. The first-order valence-corrected chi connectivity index (χ1v) is 12.3. The van der Waals surface area contributed by atoms with Crippen LogP contribution in [0, 0.1) is 11.7 Å². The first kappa shape index (κ1) is 25.0. The number of ether oxygens (including phenoxy) is 2. The van der Waals surface area contributed by atoms with Crippen molar-refractivity contribution >= 4 is 17.4 Å². The molecule has 8 heteroatoms. The summed E-state index contributed by atoms with van der Waals surface area (Å²) in [5.74, 6) is 1.07. The number of hydrogen-bond acceptors (Lipinski definition) is 6. The zero-order valence-electron chi connectivity index (χ0n) is 20.7. The third-order valence-electron chi connectivity index (χ3n) is 6.55. The lowest BCUT2D eigenvalue weighted by molar-refractivity contribution is -0.123. The van der Waals surface area contributed by atoms with Crippen molar-refractivity contribution in [1.82, 2.24) is 10.2 Å². The van der Waals surface area contributed by atoms with E-state index in [1.165, 1.54) is 13.0 Å². The molecule has 2 heterocycles. The normalized spacial score (nSPS) is 17.1. The van der Waals surface area contributed by atoms with Gasteiger partial charge < -0.3 is 19.7 Å². The number of Topliss-reactive ketones (excluding diaryl/α,β-unsaturated/α-hetero) is 1. The second-order valence-corrected chi connectivity index (χ2v) is 9.53. The zero-order valence-corrected chi connectivity index (χ0v) is 20.7. The van der Waals surface area contributed by atoms with Crippen LogP contribution in [0.2, 0.25) is 0 Å². The molecule has 0 bridgehead atoms. The molecule has 2 aromatic rings. The first-order chi connectivity index (χ1) is 16.8. The standard InChI is InChI=1S/C27H34FN3O4/c1-18(2)27(21-6-8-24-25(16-21)35-14-4-13-34-24)29-26(33)17-30-9-11-31(12-10-30)23-7-5-20(19(3)32)15-22(23)28/h5-8,15-16,18,27H,4,9-14,17H2,1-3H3,(H,29,33)/t27-/m1/s1. The van der Waals surface area contributed by atoms with Crippen molar-refractivity contribution in [2.45, 2.75) is 33.2 Å². The number of carbonyl (C=O) groups excluding carboxylic acids is 2. The van der Waals surface area contributed by atoms with E-state index in [0.717, 1.165) is 23.5 Å². The maximum Gasteiger partial charge on any atom is 0.234 e. The fraction of sp³-hybridized carbons (Fsp3) is 0.481. The molecule has 2 aromatic carbocycles. The molecule has 0 spiro atoms. The highest BCUT2D eigenvalue weighted by molar-refractivity contribution is 5.94. The minimum Gasteiger partial charge on any atom is -0.490 e. The predicted octanol–water partition coefficient (Wildman–Crippen LogP) is 3.83. The van der Waals surface area contributed by atoms with Crippen LogP contribution in [0.3, 0.4) is 0 Å². The zero-order chi connectivity index (χ0) is 24.9. The summed E-state index contributed by atoms with van der Waals surface area (Å²) >= 11 is 0. The van der Waals surface area contributed by atoms with E-state index >= 15 is 0 Å². The molecule has 1 fully saturated rings. The van der Waals surface area contributed by atoms with E-state index in [1.54, 1.807) is 12.1 Å². The van der Waals surface area contributed by atoms with Crippen molar-refractivity contribution < 1.29 is 23.5 Å². The van der Waals surface area contributed by atoms with E-state index in [1.807, 2.05) is 23.1 Å². The second kappa shape index (κ2) is 11.1. The van der Waals surface area contributed by atoms with Gasteiger partial charge in [0, 0.05) is 38.2 Å². The van der Waals surface area contributed by atoms with Gasteiger partial charge in [-0.15, -0.1) is 0 Å². The fourth-order valence-electron chi connectivity index (χ4n) is 4.56. The summed E-state index contributed by atoms with van der Waals surface area (Å²) in [4.78, 5) is 28.5. The number of ketones is 1. The molecule has 7 nitrogen and oxygen atoms in total. The summed E-state index contributed by atoms with van der Waals surface area (Å²) in [5, 5.41) is 3.19. The molecule has 4 rings (SSSR count). The summed E-state index contributed by atoms with van der Waals surface area (Å²) in [6.45, 7) is 9.66. The van der Waals surface area contributed by atoms with Gasteiger partial charge in [-0.1, -0.05) is 19.9 Å². The number of halogens is 1. The molecule has 1 amide bonds. The molecule has 0 aliphatic carbocycles. The van der Waals surface area contributed by atoms with Crippen LogP contribution in [0.25, 0.3) is 0 Å². The van der Waals surface area contributed by atoms with Crippen molar-refractivity contribution in [3.05, 3.63) is 53.3 Å². The summed E-state index contributed by atoms with van der Waals surface area (Å²) in [5.41, 5.74) is 1.86. The van der Waals surface area contributed by atoms with Gasteiger partial charge in [-0.2, -0.15) is 0 Å². The Hall–Kier alpha value is -3.13. The summed E-state index contributed by atoms with van der Waals surface area (Å²) in [6.07, 6.45) is 0.845. The number of anilines is 1. The third kappa shape index (κ3) is 6.11. The number of rotatable bonds is 7. The molecule has 0 radical (unpaired) electrons. The summed E-state index contributed by atoms with van der Waals surface area (Å²) in [6, 6.07) is 10.3. The topological polar surface area (TPSA) is 71.1 Å². The SMILES string of the molecule is CC(=O)c1ccc(N2CCN(CC(=O)N[C@@H](c3ccc4c(c3)OCCCO4)C(C)C)CC2)c(F)c1. The average Bonchev–Trinajstić information content (AvgIpc) is 3.08. The third-order valence-corrected chi connectivity index (χ3v) is 6.55. The van der Waals surface area contributed by atoms with E-state index in [4.69, 9.17) is 9.47 Å². The van der Waals surface area contributed by atoms with Gasteiger partial charge >= 0.3 is 0 Å². The highest BCUT2D eigenvalue weighted by Crippen LogP contribution is 2.34. The molecule has 1 saturated heterocycles. The number of carbonyl (C=O) groups is 2. The molecule has 0 unspecified atom stereocenters. The molecular weight excluding hydrogens is 449 g/mol. The van der Waals surface area contributed by atoms with Gasteiger partial charge in [0.05, 0.1) is 31.5 Å². The molecule has 1 N–H and O–H groups in total. The highest BCUT2D eigenvalue weighted by Gasteiger charge is 2.25. The Morgan fingerprint density at radius 1 is 1.00 bits per heavy atom. The fourth-order valence-corrected chi connectivity index (χ4v) is 4.56. The van der Waals surface area contributed by atoms with Crippen LogP contribution < -0.4 is 19.7 Å². The van der Waals surface area contributed by atoms with Gasteiger partial charge in [-0.25, -0.2) is 4.39 Å². The van der Waals surface area contributed by atoms with E-state index < -0.39 is 0 Å². The van der Waals surface area contributed by atoms with E-state index in [2.05, 4.69) is 24.1 Å². The number of nitrogens with one attached hydrogen (secondary N) is 1. The van der Waals surface area contributed by atoms with Crippen molar-refractivity contribution in [3.63, 3.8) is 0 Å². The van der Waals surface area contributed by atoms with Crippen LogP contribution in [0.15, 0.2) is 36.4 Å². The maximum absolute atomic E-state index is 14.5. The lowest BCUT2D eigenvalue weighted by Crippen LogP contribution is -2.50. The molecule has 188 valence electrons. The molecular formula is C27H34FN3O4. The Morgan fingerprint density at radius 3 is 2.37 bits per heavy atom. The number of benzene rings is 2. The molecule has 2 aliphatic rings. The van der Waals surface area contributed by atoms with Gasteiger partial charge in [0.2, 0.25) is 5.91 Å². The van der Waals surface area contributed by atoms with E-state index in [9.17, 15) is 14.0 Å². The predicted molar refractivity (Wildman–Crippen MR) is 133 cm³/mol. The van der Waals surface area contributed by atoms with Crippen LogP contribution in [0.4, 0.5) is 10.1 Å². The molecule has 35 heavy (non-hydrogen) atoms. The lowest BCUT2D eigenvalue weighted by Gasteiger charge is -2.36. The number of nitrogens with zero attached hydrogens (tertiary/aromatic N) is 2. The monoisotopic (exact) mass is 483 g/mol. The van der Waals surface area contributed by atoms with Crippen molar-refractivity contribution in [1.29, 1.82) is 0 Å². The largest absolute Gasteiger partial charge is 0.490 e. The second-order valence-electron chi connectivity index (χ2n) is 9.53. The first-order valence-electron chi connectivity index (χ1n) is 12.3. The number of amides is 1. The van der Waals surface area contributed by atoms with Crippen LogP contribution in [-0.4, -0.2) is 62.5 Å². The van der Waals surface area contributed by atoms with Gasteiger partial charge in [0.1, 0.15) is 5.82 Å². The highest BCUT2D eigenvalue weighted by atomic mass is 19.1. The van der Waals surface area contributed by atoms with E-state index in [-0.39, 0.29) is 36.0 Å². The number of hydrogen-bond donors (Lipinski definition) is 1. The Morgan fingerprint density at radius 2 is 1.71 bits per heavy atom. The van der Waals surface area contributed by atoms with Gasteiger partial charge in [-0.3, -0.25) is 14.5 Å². The quantitative estimate of drug-likeness (QED) is 0.604.